The number of hydrogen-bond acceptors (Lipinski definition) is 3. The number of hydrogen-bond donors (Lipinski definition) is 2. The standard InChI is InChI=1S/C8H12N2O/c1-2-7-6(5-11)3-4-8(9)10-7/h3-4,11H,2,5H2,1H3,(H2,9,10). The van der Waals surface area contributed by atoms with Crippen LogP contribution in [0, 0.1) is 0 Å². The number of nitrogens with zero attached hydrogens (tertiary/aromatic N) is 1. The molecule has 0 aromatic carbocycles. The fraction of sp³-hybridized carbons (Fsp3) is 0.375. The summed E-state index contributed by atoms with van der Waals surface area (Å²) in [6, 6.07) is 3.51. The summed E-state index contributed by atoms with van der Waals surface area (Å²) in [5, 5.41) is 8.86. The number of rotatable bonds is 2. The van der Waals surface area contributed by atoms with Crippen molar-refractivity contribution in [3.63, 3.8) is 0 Å². The summed E-state index contributed by atoms with van der Waals surface area (Å²) < 4.78 is 0. The van der Waals surface area contributed by atoms with E-state index in [9.17, 15) is 0 Å². The van der Waals surface area contributed by atoms with E-state index in [1.807, 2.05) is 6.92 Å². The van der Waals surface area contributed by atoms with Crippen LogP contribution in [0.2, 0.25) is 0 Å². The van der Waals surface area contributed by atoms with Crippen molar-refractivity contribution in [1.29, 1.82) is 0 Å². The number of pyridine rings is 1. The van der Waals surface area contributed by atoms with Crippen molar-refractivity contribution in [3.05, 3.63) is 23.4 Å². The fourth-order valence-electron chi connectivity index (χ4n) is 0.997. The number of aliphatic hydroxyl groups is 1. The van der Waals surface area contributed by atoms with Crippen LogP contribution >= 0.6 is 0 Å². The van der Waals surface area contributed by atoms with E-state index in [1.165, 1.54) is 0 Å². The maximum Gasteiger partial charge on any atom is 0.123 e. The third kappa shape index (κ3) is 1.68. The first-order chi connectivity index (χ1) is 5.27. The van der Waals surface area contributed by atoms with Crippen LogP contribution in [0.25, 0.3) is 0 Å². The van der Waals surface area contributed by atoms with Gasteiger partial charge in [-0.2, -0.15) is 0 Å². The number of aliphatic hydroxyl groups excluding tert-OH is 1. The third-order valence-corrected chi connectivity index (χ3v) is 1.60. The maximum absolute atomic E-state index is 8.86. The molecule has 3 nitrogen and oxygen atoms in total. The van der Waals surface area contributed by atoms with Crippen LogP contribution in [-0.4, -0.2) is 10.1 Å². The van der Waals surface area contributed by atoms with Crippen LogP contribution < -0.4 is 5.73 Å². The van der Waals surface area contributed by atoms with Crippen LogP contribution in [0.5, 0.6) is 0 Å². The molecule has 11 heavy (non-hydrogen) atoms. The minimum absolute atomic E-state index is 0.0381. The second-order valence-electron chi connectivity index (χ2n) is 2.35. The fourth-order valence-corrected chi connectivity index (χ4v) is 0.997. The van der Waals surface area contributed by atoms with E-state index in [4.69, 9.17) is 10.8 Å². The molecule has 0 saturated carbocycles. The molecule has 0 saturated heterocycles. The molecule has 1 rings (SSSR count). The molecule has 0 aliphatic carbocycles. The molecule has 1 heterocycles. The molecule has 1 aromatic heterocycles. The second-order valence-corrected chi connectivity index (χ2v) is 2.35. The zero-order chi connectivity index (χ0) is 8.27. The monoisotopic (exact) mass is 152 g/mol. The van der Waals surface area contributed by atoms with E-state index in [0.29, 0.717) is 5.82 Å². The lowest BCUT2D eigenvalue weighted by molar-refractivity contribution is 0.280. The summed E-state index contributed by atoms with van der Waals surface area (Å²) in [6.45, 7) is 2.03. The lowest BCUT2D eigenvalue weighted by Crippen LogP contribution is -1.99. The molecule has 3 heteroatoms. The van der Waals surface area contributed by atoms with Crippen LogP contribution in [0.15, 0.2) is 12.1 Å². The number of aromatic nitrogens is 1. The van der Waals surface area contributed by atoms with Gasteiger partial charge in [0.05, 0.1) is 6.61 Å². The summed E-state index contributed by atoms with van der Waals surface area (Å²) in [4.78, 5) is 4.08. The van der Waals surface area contributed by atoms with Crippen molar-refractivity contribution < 1.29 is 5.11 Å². The zero-order valence-corrected chi connectivity index (χ0v) is 6.54. The van der Waals surface area contributed by atoms with Gasteiger partial charge in [0.15, 0.2) is 0 Å². The van der Waals surface area contributed by atoms with Crippen molar-refractivity contribution in [3.8, 4) is 0 Å². The van der Waals surface area contributed by atoms with Gasteiger partial charge < -0.3 is 10.8 Å². The smallest absolute Gasteiger partial charge is 0.123 e. The van der Waals surface area contributed by atoms with Crippen LogP contribution in [0.3, 0.4) is 0 Å². The van der Waals surface area contributed by atoms with Crippen molar-refractivity contribution >= 4 is 5.82 Å². The van der Waals surface area contributed by atoms with Gasteiger partial charge in [0.2, 0.25) is 0 Å². The molecule has 0 bridgehead atoms. The van der Waals surface area contributed by atoms with E-state index < -0.39 is 0 Å². The number of aryl methyl sites for hydroxylation is 1. The van der Waals surface area contributed by atoms with Gasteiger partial charge in [0, 0.05) is 5.69 Å². The van der Waals surface area contributed by atoms with E-state index in [-0.39, 0.29) is 6.61 Å². The minimum Gasteiger partial charge on any atom is -0.392 e. The van der Waals surface area contributed by atoms with Crippen molar-refractivity contribution in [2.75, 3.05) is 5.73 Å². The average Bonchev–Trinajstić information content (AvgIpc) is 2.04. The first kappa shape index (κ1) is 8.01. The normalized spacial score (nSPS) is 10.0. The first-order valence-electron chi connectivity index (χ1n) is 3.63. The Bertz CT molecular complexity index is 248. The zero-order valence-electron chi connectivity index (χ0n) is 6.54. The summed E-state index contributed by atoms with van der Waals surface area (Å²) in [6.07, 6.45) is 0.806. The number of nitrogen functional groups attached to an aromatic ring is 1. The van der Waals surface area contributed by atoms with Crippen LogP contribution in [0.1, 0.15) is 18.2 Å². The summed E-state index contributed by atoms with van der Waals surface area (Å²) >= 11 is 0. The predicted octanol–water partition coefficient (Wildman–Crippen LogP) is 0.719. The highest BCUT2D eigenvalue weighted by Gasteiger charge is 2.00. The molecule has 60 valence electrons. The van der Waals surface area contributed by atoms with Crippen LogP contribution in [0.4, 0.5) is 5.82 Å². The topological polar surface area (TPSA) is 59.1 Å². The molecule has 0 unspecified atom stereocenters. The molecule has 0 aliphatic rings. The van der Waals surface area contributed by atoms with Gasteiger partial charge in [-0.25, -0.2) is 4.98 Å². The van der Waals surface area contributed by atoms with Gasteiger partial charge in [-0.15, -0.1) is 0 Å². The minimum atomic E-state index is 0.0381. The Kier molecular flexibility index (Phi) is 2.44. The molecule has 0 aliphatic heterocycles. The highest BCUT2D eigenvalue weighted by atomic mass is 16.3. The Morgan fingerprint density at radius 1 is 1.55 bits per heavy atom. The van der Waals surface area contributed by atoms with E-state index >= 15 is 0 Å². The van der Waals surface area contributed by atoms with Crippen LogP contribution in [-0.2, 0) is 13.0 Å². The van der Waals surface area contributed by atoms with Gasteiger partial charge in [0.25, 0.3) is 0 Å². The molecule has 3 N–H and O–H groups in total. The first-order valence-corrected chi connectivity index (χ1v) is 3.63. The van der Waals surface area contributed by atoms with Gasteiger partial charge in [-0.1, -0.05) is 13.0 Å². The van der Waals surface area contributed by atoms with E-state index in [1.54, 1.807) is 12.1 Å². The summed E-state index contributed by atoms with van der Waals surface area (Å²) in [5.41, 5.74) is 7.21. The molecule has 0 atom stereocenters. The van der Waals surface area contributed by atoms with Crippen molar-refractivity contribution in [2.45, 2.75) is 20.0 Å². The SMILES string of the molecule is CCc1nc(N)ccc1CO. The predicted molar refractivity (Wildman–Crippen MR) is 44.0 cm³/mol. The average molecular weight is 152 g/mol. The van der Waals surface area contributed by atoms with Crippen molar-refractivity contribution in [1.82, 2.24) is 4.98 Å². The Labute approximate surface area is 65.9 Å². The lowest BCUT2D eigenvalue weighted by Gasteiger charge is -2.03. The van der Waals surface area contributed by atoms with Crippen molar-refractivity contribution in [2.24, 2.45) is 0 Å². The van der Waals surface area contributed by atoms with Gasteiger partial charge in [0.1, 0.15) is 5.82 Å². The Balaban J connectivity index is 3.06. The Hall–Kier alpha value is -1.09. The quantitative estimate of drug-likeness (QED) is 0.656. The van der Waals surface area contributed by atoms with Gasteiger partial charge in [-0.05, 0) is 18.1 Å². The van der Waals surface area contributed by atoms with E-state index in [0.717, 1.165) is 17.7 Å². The number of nitrogens with two attached hydrogens (primary N) is 1. The third-order valence-electron chi connectivity index (χ3n) is 1.60. The highest BCUT2D eigenvalue weighted by molar-refractivity contribution is 5.33. The molecular weight excluding hydrogens is 140 g/mol. The molecule has 0 fully saturated rings. The summed E-state index contributed by atoms with van der Waals surface area (Å²) in [7, 11) is 0. The molecule has 0 amide bonds. The molecule has 0 spiro atoms. The second kappa shape index (κ2) is 3.34. The largest absolute Gasteiger partial charge is 0.392 e. The Morgan fingerprint density at radius 2 is 2.27 bits per heavy atom. The highest BCUT2D eigenvalue weighted by Crippen LogP contribution is 2.09. The van der Waals surface area contributed by atoms with E-state index in [2.05, 4.69) is 4.98 Å². The number of anilines is 1. The van der Waals surface area contributed by atoms with Gasteiger partial charge >= 0.3 is 0 Å². The van der Waals surface area contributed by atoms with Gasteiger partial charge in [-0.3, -0.25) is 0 Å². The molecule has 0 radical (unpaired) electrons. The molecule has 1 aromatic rings. The summed E-state index contributed by atoms with van der Waals surface area (Å²) in [5.74, 6) is 0.513. The molecular formula is C8H12N2O. The maximum atomic E-state index is 8.86. The Morgan fingerprint density at radius 3 is 2.82 bits per heavy atom. The lowest BCUT2D eigenvalue weighted by atomic mass is 10.1.